The van der Waals surface area contributed by atoms with Gasteiger partial charge in [-0.05, 0) is 37.1 Å². The lowest BCUT2D eigenvalue weighted by atomic mass is 10.2. The molecule has 1 aromatic carbocycles. The summed E-state index contributed by atoms with van der Waals surface area (Å²) in [6.07, 6.45) is 1.61. The van der Waals surface area contributed by atoms with E-state index in [9.17, 15) is 22.4 Å². The molecule has 0 spiro atoms. The molecular weight excluding hydrogens is 315 g/mol. The number of sulfonamides is 1. The number of carbonyl (C=O) groups is 2. The summed E-state index contributed by atoms with van der Waals surface area (Å²) in [5.74, 6) is -2.27. The maximum absolute atomic E-state index is 12.4. The van der Waals surface area contributed by atoms with Gasteiger partial charge in [0, 0.05) is 11.6 Å². The monoisotopic (exact) mass is 330 g/mol. The molecule has 9 heteroatoms. The van der Waals surface area contributed by atoms with Crippen molar-refractivity contribution < 1.29 is 27.5 Å². The molecule has 2 rings (SSSR count). The van der Waals surface area contributed by atoms with Crippen LogP contribution in [0.15, 0.2) is 29.2 Å². The highest BCUT2D eigenvalue weighted by atomic mass is 32.2. The average Bonchev–Trinajstić information content (AvgIpc) is 3.27. The normalized spacial score (nSPS) is 16.0. The van der Waals surface area contributed by atoms with Gasteiger partial charge in [0.1, 0.15) is 6.67 Å². The van der Waals surface area contributed by atoms with Crippen molar-refractivity contribution >= 4 is 21.9 Å². The molecule has 120 valence electrons. The summed E-state index contributed by atoms with van der Waals surface area (Å²) >= 11 is 0. The topological polar surface area (TPSA) is 113 Å². The first-order chi connectivity index (χ1) is 10.3. The van der Waals surface area contributed by atoms with Crippen molar-refractivity contribution in [3.63, 3.8) is 0 Å². The summed E-state index contributed by atoms with van der Waals surface area (Å²) in [6, 6.07) is 3.30. The molecule has 1 aromatic rings. The zero-order valence-electron chi connectivity index (χ0n) is 11.5. The summed E-state index contributed by atoms with van der Waals surface area (Å²) in [4.78, 5) is 22.4. The molecule has 0 saturated heterocycles. The first-order valence-corrected chi connectivity index (χ1v) is 8.04. The number of hydrogen-bond acceptors (Lipinski definition) is 4. The number of amides is 1. The zero-order chi connectivity index (χ0) is 16.3. The number of carbonyl (C=O) groups excluding carboxylic acids is 1. The summed E-state index contributed by atoms with van der Waals surface area (Å²) in [6.45, 7) is -1.24. The zero-order valence-corrected chi connectivity index (χ0v) is 12.3. The quantitative estimate of drug-likeness (QED) is 0.665. The van der Waals surface area contributed by atoms with Crippen LogP contribution in [-0.2, 0) is 14.8 Å². The molecule has 0 bridgehead atoms. The van der Waals surface area contributed by atoms with E-state index in [2.05, 4.69) is 4.72 Å². The van der Waals surface area contributed by atoms with Gasteiger partial charge in [-0.3, -0.25) is 4.79 Å². The van der Waals surface area contributed by atoms with Crippen LogP contribution in [0.25, 0.3) is 0 Å². The Hall–Kier alpha value is -2.00. The fourth-order valence-electron chi connectivity index (χ4n) is 1.68. The summed E-state index contributed by atoms with van der Waals surface area (Å²) in [5.41, 5.74) is 0.0464. The van der Waals surface area contributed by atoms with E-state index in [1.54, 1.807) is 0 Å². The van der Waals surface area contributed by atoms with Crippen LogP contribution in [0.4, 0.5) is 4.39 Å². The standard InChI is InChI=1S/C13H15FN2O5S/c14-7-11(13(18)19)15-12(17)8-1-5-10(6-2-8)22(20,21)16-9-3-4-9/h1-2,5-6,9,11,16H,3-4,7H2,(H,15,17)(H,18,19). The first-order valence-electron chi connectivity index (χ1n) is 6.55. The van der Waals surface area contributed by atoms with Crippen molar-refractivity contribution in [2.75, 3.05) is 6.67 Å². The van der Waals surface area contributed by atoms with Crippen LogP contribution in [0, 0.1) is 0 Å². The molecule has 1 aliphatic rings. The number of carboxylic acid groups (broad SMARTS) is 1. The molecule has 1 atom stereocenters. The number of aliphatic carboxylic acids is 1. The Morgan fingerprint density at radius 1 is 1.27 bits per heavy atom. The number of carboxylic acids is 1. The van der Waals surface area contributed by atoms with Gasteiger partial charge in [0.05, 0.1) is 4.90 Å². The van der Waals surface area contributed by atoms with Crippen molar-refractivity contribution in [2.45, 2.75) is 29.8 Å². The van der Waals surface area contributed by atoms with E-state index >= 15 is 0 Å². The average molecular weight is 330 g/mol. The second-order valence-electron chi connectivity index (χ2n) is 4.94. The second-order valence-corrected chi connectivity index (χ2v) is 6.65. The van der Waals surface area contributed by atoms with Crippen LogP contribution in [-0.4, -0.2) is 44.2 Å². The number of rotatable bonds is 7. The fraction of sp³-hybridized carbons (Fsp3) is 0.385. The van der Waals surface area contributed by atoms with Gasteiger partial charge >= 0.3 is 5.97 Å². The fourth-order valence-corrected chi connectivity index (χ4v) is 2.99. The molecule has 0 heterocycles. The maximum atomic E-state index is 12.4. The van der Waals surface area contributed by atoms with E-state index in [1.807, 2.05) is 5.32 Å². The highest BCUT2D eigenvalue weighted by Gasteiger charge is 2.28. The van der Waals surface area contributed by atoms with Gasteiger partial charge in [0.15, 0.2) is 6.04 Å². The Balaban J connectivity index is 2.07. The van der Waals surface area contributed by atoms with Gasteiger partial charge in [-0.1, -0.05) is 0 Å². The Morgan fingerprint density at radius 2 is 1.86 bits per heavy atom. The lowest BCUT2D eigenvalue weighted by Gasteiger charge is -2.11. The number of halogens is 1. The van der Waals surface area contributed by atoms with E-state index in [0.29, 0.717) is 0 Å². The van der Waals surface area contributed by atoms with Gasteiger partial charge in [-0.2, -0.15) is 0 Å². The van der Waals surface area contributed by atoms with Gasteiger partial charge in [-0.15, -0.1) is 0 Å². The van der Waals surface area contributed by atoms with Crippen LogP contribution < -0.4 is 10.0 Å². The summed E-state index contributed by atoms with van der Waals surface area (Å²) < 4.78 is 38.8. The Labute approximate surface area is 126 Å². The molecule has 22 heavy (non-hydrogen) atoms. The van der Waals surface area contributed by atoms with Crippen molar-refractivity contribution in [3.05, 3.63) is 29.8 Å². The molecule has 7 nitrogen and oxygen atoms in total. The number of benzene rings is 1. The maximum Gasteiger partial charge on any atom is 0.328 e. The number of nitrogens with one attached hydrogen (secondary N) is 2. The van der Waals surface area contributed by atoms with Crippen LogP contribution >= 0.6 is 0 Å². The van der Waals surface area contributed by atoms with Crippen LogP contribution in [0.1, 0.15) is 23.2 Å². The van der Waals surface area contributed by atoms with E-state index in [-0.39, 0.29) is 16.5 Å². The Morgan fingerprint density at radius 3 is 2.32 bits per heavy atom. The minimum absolute atomic E-state index is 0.0104. The third-order valence-electron chi connectivity index (χ3n) is 3.08. The predicted molar refractivity (Wildman–Crippen MR) is 74.7 cm³/mol. The largest absolute Gasteiger partial charge is 0.480 e. The smallest absolute Gasteiger partial charge is 0.328 e. The molecular formula is C13H15FN2O5S. The molecule has 1 fully saturated rings. The summed E-state index contributed by atoms with van der Waals surface area (Å²) in [5, 5.41) is 10.7. The Bertz CT molecular complexity index is 670. The van der Waals surface area contributed by atoms with Crippen LogP contribution in [0.3, 0.4) is 0 Å². The lowest BCUT2D eigenvalue weighted by Crippen LogP contribution is -2.42. The molecule has 1 unspecified atom stereocenters. The van der Waals surface area contributed by atoms with Gasteiger partial charge in [0.25, 0.3) is 5.91 Å². The number of alkyl halides is 1. The van der Waals surface area contributed by atoms with Crippen LogP contribution in [0.5, 0.6) is 0 Å². The SMILES string of the molecule is O=C(NC(CF)C(=O)O)c1ccc(S(=O)(=O)NC2CC2)cc1. The molecule has 1 aliphatic carbocycles. The highest BCUT2D eigenvalue weighted by molar-refractivity contribution is 7.89. The van der Waals surface area contributed by atoms with Crippen LogP contribution in [0.2, 0.25) is 0 Å². The van der Waals surface area contributed by atoms with Gasteiger partial charge in [-0.25, -0.2) is 22.3 Å². The Kier molecular flexibility index (Phi) is 4.77. The minimum atomic E-state index is -3.62. The molecule has 0 aromatic heterocycles. The van der Waals surface area contributed by atoms with Gasteiger partial charge in [0.2, 0.25) is 10.0 Å². The molecule has 1 amide bonds. The van der Waals surface area contributed by atoms with Gasteiger partial charge < -0.3 is 10.4 Å². The van der Waals surface area contributed by atoms with E-state index < -0.39 is 34.6 Å². The first kappa shape index (κ1) is 16.4. The third-order valence-corrected chi connectivity index (χ3v) is 4.62. The van der Waals surface area contributed by atoms with Crippen molar-refractivity contribution in [2.24, 2.45) is 0 Å². The third kappa shape index (κ3) is 4.01. The second kappa shape index (κ2) is 6.41. The predicted octanol–water partition coefficient (Wildman–Crippen LogP) is 0.280. The minimum Gasteiger partial charge on any atom is -0.480 e. The van der Waals surface area contributed by atoms with E-state index in [1.165, 1.54) is 24.3 Å². The molecule has 3 N–H and O–H groups in total. The van der Waals surface area contributed by atoms with E-state index in [0.717, 1.165) is 12.8 Å². The lowest BCUT2D eigenvalue weighted by molar-refractivity contribution is -0.139. The van der Waals surface area contributed by atoms with Crippen molar-refractivity contribution in [3.8, 4) is 0 Å². The summed E-state index contributed by atoms with van der Waals surface area (Å²) in [7, 11) is -3.62. The van der Waals surface area contributed by atoms with Crippen molar-refractivity contribution in [1.29, 1.82) is 0 Å². The number of hydrogen-bond donors (Lipinski definition) is 3. The van der Waals surface area contributed by atoms with E-state index in [4.69, 9.17) is 5.11 Å². The molecule has 0 aliphatic heterocycles. The van der Waals surface area contributed by atoms with Crippen molar-refractivity contribution in [1.82, 2.24) is 10.0 Å². The molecule has 1 saturated carbocycles. The highest BCUT2D eigenvalue weighted by Crippen LogP contribution is 2.22. The molecule has 0 radical (unpaired) electrons.